The van der Waals surface area contributed by atoms with E-state index in [9.17, 15) is 23.1 Å². The molecule has 29 heavy (non-hydrogen) atoms. The minimum atomic E-state index is -4.69. The molecule has 0 atom stereocenters. The van der Waals surface area contributed by atoms with Crippen LogP contribution < -0.4 is 14.8 Å². The van der Waals surface area contributed by atoms with Crippen molar-refractivity contribution in [3.63, 3.8) is 0 Å². The van der Waals surface area contributed by atoms with E-state index < -0.39 is 23.5 Å². The van der Waals surface area contributed by atoms with Gasteiger partial charge in [-0.2, -0.15) is 13.2 Å². The SMILES string of the molecule is COc1ccccc1Oc1ccc(Nc2ccccc2C(=O)O)cc1C(F)(F)F. The number of rotatable bonds is 6. The van der Waals surface area contributed by atoms with Gasteiger partial charge >= 0.3 is 12.1 Å². The molecule has 0 spiro atoms. The number of aromatic carboxylic acids is 1. The van der Waals surface area contributed by atoms with Crippen LogP contribution in [0.15, 0.2) is 66.7 Å². The van der Waals surface area contributed by atoms with E-state index >= 15 is 0 Å². The quantitative estimate of drug-likeness (QED) is 0.533. The van der Waals surface area contributed by atoms with E-state index in [4.69, 9.17) is 9.47 Å². The summed E-state index contributed by atoms with van der Waals surface area (Å²) in [5.41, 5.74) is -0.832. The van der Waals surface area contributed by atoms with Crippen LogP contribution in [-0.2, 0) is 6.18 Å². The Hall–Kier alpha value is -3.68. The van der Waals surface area contributed by atoms with Gasteiger partial charge in [0.05, 0.1) is 18.4 Å². The van der Waals surface area contributed by atoms with Crippen LogP contribution in [0.1, 0.15) is 15.9 Å². The smallest absolute Gasteiger partial charge is 0.420 e. The number of alkyl halides is 3. The molecule has 0 fully saturated rings. The lowest BCUT2D eigenvalue weighted by Gasteiger charge is -2.17. The number of nitrogens with one attached hydrogen (secondary N) is 1. The Kier molecular flexibility index (Phi) is 5.63. The summed E-state index contributed by atoms with van der Waals surface area (Å²) in [5.74, 6) is -1.17. The third-order valence-electron chi connectivity index (χ3n) is 4.01. The van der Waals surface area contributed by atoms with Gasteiger partial charge in [-0.05, 0) is 42.5 Å². The van der Waals surface area contributed by atoms with Crippen LogP contribution in [0.25, 0.3) is 0 Å². The number of hydrogen-bond donors (Lipinski definition) is 2. The Morgan fingerprint density at radius 2 is 1.59 bits per heavy atom. The Labute approximate surface area is 164 Å². The van der Waals surface area contributed by atoms with E-state index in [1.165, 1.54) is 43.5 Å². The second kappa shape index (κ2) is 8.14. The first-order valence-electron chi connectivity index (χ1n) is 8.41. The molecule has 0 aliphatic rings. The minimum absolute atomic E-state index is 0.0598. The van der Waals surface area contributed by atoms with Crippen molar-refractivity contribution in [1.29, 1.82) is 0 Å². The van der Waals surface area contributed by atoms with Crippen LogP contribution >= 0.6 is 0 Å². The van der Waals surface area contributed by atoms with Crippen molar-refractivity contribution in [2.45, 2.75) is 6.18 Å². The molecule has 150 valence electrons. The molecule has 3 aromatic rings. The molecule has 2 N–H and O–H groups in total. The second-order valence-corrected chi connectivity index (χ2v) is 5.94. The molecule has 0 radical (unpaired) electrons. The van der Waals surface area contributed by atoms with Gasteiger partial charge in [-0.1, -0.05) is 24.3 Å². The number of carboxylic acids is 1. The second-order valence-electron chi connectivity index (χ2n) is 5.94. The fourth-order valence-electron chi connectivity index (χ4n) is 2.67. The number of para-hydroxylation sites is 3. The summed E-state index contributed by atoms with van der Waals surface area (Å²) in [4.78, 5) is 11.3. The van der Waals surface area contributed by atoms with Gasteiger partial charge in [-0.15, -0.1) is 0 Å². The molecule has 3 aromatic carbocycles. The molecule has 0 aromatic heterocycles. The highest BCUT2D eigenvalue weighted by Gasteiger charge is 2.35. The van der Waals surface area contributed by atoms with Crippen molar-refractivity contribution >= 4 is 17.3 Å². The minimum Gasteiger partial charge on any atom is -0.493 e. The zero-order valence-electron chi connectivity index (χ0n) is 15.2. The van der Waals surface area contributed by atoms with E-state index in [0.29, 0.717) is 5.75 Å². The predicted octanol–water partition coefficient (Wildman–Crippen LogP) is 5.95. The fourth-order valence-corrected chi connectivity index (χ4v) is 2.67. The number of halogens is 3. The molecule has 3 rings (SSSR count). The van der Waals surface area contributed by atoms with Crippen LogP contribution in [0, 0.1) is 0 Å². The molecule has 0 saturated carbocycles. The summed E-state index contributed by atoms with van der Waals surface area (Å²) in [7, 11) is 1.39. The van der Waals surface area contributed by atoms with Gasteiger partial charge in [0.15, 0.2) is 11.5 Å². The van der Waals surface area contributed by atoms with Crippen LogP contribution in [0.5, 0.6) is 17.2 Å². The summed E-state index contributed by atoms with van der Waals surface area (Å²) >= 11 is 0. The van der Waals surface area contributed by atoms with Gasteiger partial charge in [0.1, 0.15) is 11.3 Å². The molecule has 5 nitrogen and oxygen atoms in total. The van der Waals surface area contributed by atoms with Crippen LogP contribution in [-0.4, -0.2) is 18.2 Å². The van der Waals surface area contributed by atoms with Crippen molar-refractivity contribution in [2.24, 2.45) is 0 Å². The molecule has 0 unspecified atom stereocenters. The predicted molar refractivity (Wildman–Crippen MR) is 101 cm³/mol. The Morgan fingerprint density at radius 3 is 2.24 bits per heavy atom. The highest BCUT2D eigenvalue weighted by atomic mass is 19.4. The third-order valence-corrected chi connectivity index (χ3v) is 4.01. The number of ether oxygens (including phenoxy) is 2. The fraction of sp³-hybridized carbons (Fsp3) is 0.0952. The third kappa shape index (κ3) is 4.60. The van der Waals surface area contributed by atoms with E-state index in [1.54, 1.807) is 24.3 Å². The van der Waals surface area contributed by atoms with Crippen molar-refractivity contribution in [3.8, 4) is 17.2 Å². The average molecular weight is 403 g/mol. The maximum Gasteiger partial charge on any atom is 0.420 e. The summed E-state index contributed by atoms with van der Waals surface area (Å²) in [6.45, 7) is 0. The van der Waals surface area contributed by atoms with E-state index in [-0.39, 0.29) is 22.7 Å². The number of benzene rings is 3. The number of anilines is 2. The largest absolute Gasteiger partial charge is 0.493 e. The first kappa shape index (κ1) is 20.1. The standard InChI is InChI=1S/C21H16F3NO4/c1-28-18-8-4-5-9-19(18)29-17-11-10-13(12-15(17)21(22,23)24)25-16-7-3-2-6-14(16)20(26)27/h2-12,25H,1H3,(H,26,27). The maximum absolute atomic E-state index is 13.6. The average Bonchev–Trinajstić information content (AvgIpc) is 2.69. The van der Waals surface area contributed by atoms with E-state index in [0.717, 1.165) is 6.07 Å². The monoisotopic (exact) mass is 403 g/mol. The Balaban J connectivity index is 1.98. The highest BCUT2D eigenvalue weighted by molar-refractivity contribution is 5.95. The van der Waals surface area contributed by atoms with Gasteiger partial charge in [-0.3, -0.25) is 0 Å². The number of methoxy groups -OCH3 is 1. The zero-order valence-corrected chi connectivity index (χ0v) is 15.2. The molecular weight excluding hydrogens is 387 g/mol. The lowest BCUT2D eigenvalue weighted by molar-refractivity contribution is -0.138. The van der Waals surface area contributed by atoms with Gasteiger partial charge in [0.25, 0.3) is 0 Å². The molecule has 0 amide bonds. The van der Waals surface area contributed by atoms with Crippen molar-refractivity contribution in [2.75, 3.05) is 12.4 Å². The first-order valence-corrected chi connectivity index (χ1v) is 8.41. The molecule has 0 aliphatic heterocycles. The van der Waals surface area contributed by atoms with Crippen molar-refractivity contribution < 1.29 is 32.5 Å². The Bertz CT molecular complexity index is 1030. The number of carbonyl (C=O) groups is 1. The normalized spacial score (nSPS) is 11.0. The number of hydrogen-bond acceptors (Lipinski definition) is 4. The van der Waals surface area contributed by atoms with Gasteiger partial charge in [0, 0.05) is 5.69 Å². The van der Waals surface area contributed by atoms with Crippen molar-refractivity contribution in [3.05, 3.63) is 77.9 Å². The molecular formula is C21H16F3NO4. The topological polar surface area (TPSA) is 67.8 Å². The summed E-state index contributed by atoms with van der Waals surface area (Å²) in [6, 6.07) is 15.7. The molecule has 0 heterocycles. The van der Waals surface area contributed by atoms with Gasteiger partial charge < -0.3 is 19.9 Å². The summed E-state index contributed by atoms with van der Waals surface area (Å²) < 4.78 is 51.4. The van der Waals surface area contributed by atoms with E-state index in [1.807, 2.05) is 0 Å². The zero-order chi connectivity index (χ0) is 21.0. The molecule has 0 aliphatic carbocycles. The van der Waals surface area contributed by atoms with E-state index in [2.05, 4.69) is 5.32 Å². The van der Waals surface area contributed by atoms with Crippen LogP contribution in [0.4, 0.5) is 24.5 Å². The molecule has 8 heteroatoms. The summed E-state index contributed by atoms with van der Waals surface area (Å²) in [5, 5.41) is 12.0. The first-order chi connectivity index (χ1) is 13.8. The maximum atomic E-state index is 13.6. The van der Waals surface area contributed by atoms with Gasteiger partial charge in [0.2, 0.25) is 0 Å². The summed E-state index contributed by atoms with van der Waals surface area (Å²) in [6.07, 6.45) is -4.69. The van der Waals surface area contributed by atoms with Crippen molar-refractivity contribution in [1.82, 2.24) is 0 Å². The lowest BCUT2D eigenvalue weighted by Crippen LogP contribution is -2.09. The molecule has 0 bridgehead atoms. The Morgan fingerprint density at radius 1 is 0.931 bits per heavy atom. The van der Waals surface area contributed by atoms with Gasteiger partial charge in [-0.25, -0.2) is 4.79 Å². The lowest BCUT2D eigenvalue weighted by atomic mass is 10.1. The highest BCUT2D eigenvalue weighted by Crippen LogP contribution is 2.41. The molecule has 0 saturated heterocycles. The van der Waals surface area contributed by atoms with Crippen LogP contribution in [0.3, 0.4) is 0 Å². The van der Waals surface area contributed by atoms with Crippen LogP contribution in [0.2, 0.25) is 0 Å². The number of carboxylic acid groups (broad SMARTS) is 1.